The molecule has 0 unspecified atom stereocenters. The van der Waals surface area contributed by atoms with E-state index in [2.05, 4.69) is 20.3 Å². The predicted molar refractivity (Wildman–Crippen MR) is 146 cm³/mol. The lowest BCUT2D eigenvalue weighted by molar-refractivity contribution is 0.102. The van der Waals surface area contributed by atoms with Gasteiger partial charge in [-0.05, 0) is 38.1 Å². The summed E-state index contributed by atoms with van der Waals surface area (Å²) in [7, 11) is 2.94. The van der Waals surface area contributed by atoms with Crippen LogP contribution >= 0.6 is 11.3 Å². The van der Waals surface area contributed by atoms with Crippen molar-refractivity contribution in [3.05, 3.63) is 76.8 Å². The average molecular weight is 547 g/mol. The second-order valence-corrected chi connectivity index (χ2v) is 9.76. The number of thiophene rings is 1. The largest absolute Gasteiger partial charge is 0.506 e. The molecule has 0 saturated heterocycles. The van der Waals surface area contributed by atoms with E-state index in [1.807, 2.05) is 19.1 Å². The van der Waals surface area contributed by atoms with Crippen LogP contribution < -0.4 is 19.5 Å². The van der Waals surface area contributed by atoms with Gasteiger partial charge < -0.3 is 24.6 Å². The molecule has 1 aromatic carbocycles. The van der Waals surface area contributed by atoms with Crippen LogP contribution in [0.5, 0.6) is 28.9 Å². The molecule has 0 aliphatic rings. The number of pyridine rings is 3. The highest BCUT2D eigenvalue weighted by molar-refractivity contribution is 7.15. The number of ether oxygens (including phenoxy) is 3. The molecule has 4 heterocycles. The predicted octanol–water partition coefficient (Wildman–Crippen LogP) is 6.28. The van der Waals surface area contributed by atoms with Gasteiger partial charge in [-0.1, -0.05) is 0 Å². The van der Waals surface area contributed by atoms with Crippen molar-refractivity contribution in [1.82, 2.24) is 15.0 Å². The lowest BCUT2D eigenvalue weighted by Crippen LogP contribution is -2.15. The Morgan fingerprint density at radius 1 is 1.00 bits per heavy atom. The minimum absolute atomic E-state index is 0.0120. The Balaban J connectivity index is 1.40. The van der Waals surface area contributed by atoms with Gasteiger partial charge in [0.15, 0.2) is 23.1 Å². The van der Waals surface area contributed by atoms with Gasteiger partial charge in [-0.15, -0.1) is 11.3 Å². The van der Waals surface area contributed by atoms with Gasteiger partial charge >= 0.3 is 0 Å². The van der Waals surface area contributed by atoms with Crippen LogP contribution in [-0.2, 0) is 0 Å². The summed E-state index contributed by atoms with van der Waals surface area (Å²) in [6.45, 7) is 3.57. The molecule has 0 aliphatic heterocycles. The topological polar surface area (TPSA) is 116 Å². The molecule has 5 rings (SSSR count). The van der Waals surface area contributed by atoms with Crippen molar-refractivity contribution in [2.24, 2.45) is 0 Å². The minimum atomic E-state index is -0.722. The molecule has 39 heavy (non-hydrogen) atoms. The molecule has 0 saturated carbocycles. The lowest BCUT2D eigenvalue weighted by atomic mass is 10.1. The first-order valence-corrected chi connectivity index (χ1v) is 12.5. The van der Waals surface area contributed by atoms with E-state index in [1.54, 1.807) is 19.1 Å². The van der Waals surface area contributed by atoms with E-state index < -0.39 is 11.7 Å². The summed E-state index contributed by atoms with van der Waals surface area (Å²) in [4.78, 5) is 27.9. The summed E-state index contributed by atoms with van der Waals surface area (Å²) >= 11 is 1.48. The SMILES string of the molecule is COc1cc2nccc(Oc3ccc(NC(=O)c4c(C)ncc(-c5ccc(C)s5)c4O)cc3F)c2nc1OC. The number of aryl methyl sites for hydroxylation is 2. The van der Waals surface area contributed by atoms with Gasteiger partial charge in [-0.2, -0.15) is 0 Å². The molecule has 11 heteroatoms. The minimum Gasteiger partial charge on any atom is -0.506 e. The van der Waals surface area contributed by atoms with E-state index in [-0.39, 0.29) is 34.4 Å². The zero-order chi connectivity index (χ0) is 27.7. The number of carbonyl (C=O) groups is 1. The number of methoxy groups -OCH3 is 2. The number of rotatable bonds is 7. The van der Waals surface area contributed by atoms with E-state index in [4.69, 9.17) is 14.2 Å². The maximum Gasteiger partial charge on any atom is 0.261 e. The molecule has 2 N–H and O–H groups in total. The van der Waals surface area contributed by atoms with Gasteiger partial charge in [0, 0.05) is 46.0 Å². The zero-order valence-corrected chi connectivity index (χ0v) is 22.2. The van der Waals surface area contributed by atoms with Gasteiger partial charge in [-0.25, -0.2) is 9.37 Å². The highest BCUT2D eigenvalue weighted by Gasteiger charge is 2.21. The average Bonchev–Trinajstić information content (AvgIpc) is 3.35. The van der Waals surface area contributed by atoms with Gasteiger partial charge in [0.25, 0.3) is 11.8 Å². The Morgan fingerprint density at radius 2 is 1.82 bits per heavy atom. The van der Waals surface area contributed by atoms with Gasteiger partial charge in [0.05, 0.1) is 31.0 Å². The maximum absolute atomic E-state index is 15.1. The van der Waals surface area contributed by atoms with Crippen molar-refractivity contribution in [3.8, 4) is 39.3 Å². The number of halogens is 1. The molecule has 0 radical (unpaired) electrons. The highest BCUT2D eigenvalue weighted by atomic mass is 32.1. The molecule has 0 aliphatic carbocycles. The van der Waals surface area contributed by atoms with Crippen LogP contribution in [0.4, 0.5) is 10.1 Å². The fourth-order valence-corrected chi connectivity index (χ4v) is 4.86. The number of hydrogen-bond donors (Lipinski definition) is 2. The number of hydrogen-bond acceptors (Lipinski definition) is 9. The Bertz CT molecular complexity index is 1720. The lowest BCUT2D eigenvalue weighted by Gasteiger charge is -2.13. The first-order chi connectivity index (χ1) is 18.8. The standard InChI is InChI=1S/C28H23FN4O5S/c1-14-5-8-23(39-14)17-13-31-15(2)24(26(17)34)27(35)32-16-6-7-20(18(29)11-16)38-21-9-10-30-19-12-22(36-3)28(37-4)33-25(19)21/h5-13H,1-4H3,(H,31,34)(H,32,35). The Labute approximate surface area is 226 Å². The molecule has 1 amide bonds. The number of aromatic hydroxyl groups is 1. The summed E-state index contributed by atoms with van der Waals surface area (Å²) in [5, 5.41) is 13.5. The smallest absolute Gasteiger partial charge is 0.261 e. The van der Waals surface area contributed by atoms with Gasteiger partial charge in [0.1, 0.15) is 16.8 Å². The normalized spacial score (nSPS) is 10.9. The summed E-state index contributed by atoms with van der Waals surface area (Å²) in [5.41, 5.74) is 1.80. The maximum atomic E-state index is 15.1. The van der Waals surface area contributed by atoms with E-state index in [0.29, 0.717) is 28.0 Å². The number of carbonyl (C=O) groups excluding carboxylic acids is 1. The van der Waals surface area contributed by atoms with Crippen LogP contribution in [0.1, 0.15) is 20.9 Å². The highest BCUT2D eigenvalue weighted by Crippen LogP contribution is 2.38. The van der Waals surface area contributed by atoms with Crippen LogP contribution in [0, 0.1) is 19.7 Å². The molecule has 0 spiro atoms. The quantitative estimate of drug-likeness (QED) is 0.245. The van der Waals surface area contributed by atoms with Crippen LogP contribution in [0.25, 0.3) is 21.5 Å². The number of benzene rings is 1. The van der Waals surface area contributed by atoms with Crippen molar-refractivity contribution >= 4 is 34.0 Å². The van der Waals surface area contributed by atoms with E-state index in [9.17, 15) is 9.90 Å². The fraction of sp³-hybridized carbons (Fsp3) is 0.143. The number of nitrogens with zero attached hydrogens (tertiary/aromatic N) is 3. The van der Waals surface area contributed by atoms with Crippen molar-refractivity contribution in [3.63, 3.8) is 0 Å². The summed E-state index contributed by atoms with van der Waals surface area (Å²) < 4.78 is 31.4. The molecule has 0 atom stereocenters. The van der Waals surface area contributed by atoms with Crippen LogP contribution in [-0.4, -0.2) is 40.2 Å². The third-order valence-corrected chi connectivity index (χ3v) is 6.94. The third kappa shape index (κ3) is 5.04. The molecule has 198 valence electrons. The third-order valence-electron chi connectivity index (χ3n) is 5.90. The number of fused-ring (bicyclic) bond motifs is 1. The molecule has 5 aromatic rings. The van der Waals surface area contributed by atoms with Crippen molar-refractivity contribution in [2.45, 2.75) is 13.8 Å². The van der Waals surface area contributed by atoms with Crippen molar-refractivity contribution in [1.29, 1.82) is 0 Å². The molecular formula is C28H23FN4O5S. The number of nitrogens with one attached hydrogen (secondary N) is 1. The molecule has 4 aromatic heterocycles. The zero-order valence-electron chi connectivity index (χ0n) is 21.4. The van der Waals surface area contributed by atoms with Crippen LogP contribution in [0.2, 0.25) is 0 Å². The van der Waals surface area contributed by atoms with Gasteiger partial charge in [0.2, 0.25) is 0 Å². The van der Waals surface area contributed by atoms with E-state index in [1.165, 1.54) is 50.1 Å². The number of aromatic nitrogens is 3. The Kier molecular flexibility index (Phi) is 6.99. The second-order valence-electron chi connectivity index (χ2n) is 8.47. The Morgan fingerprint density at radius 3 is 2.51 bits per heavy atom. The van der Waals surface area contributed by atoms with Crippen molar-refractivity contribution < 1.29 is 28.5 Å². The van der Waals surface area contributed by atoms with E-state index in [0.717, 1.165) is 15.8 Å². The fourth-order valence-electron chi connectivity index (χ4n) is 3.98. The second kappa shape index (κ2) is 10.5. The van der Waals surface area contributed by atoms with Crippen LogP contribution in [0.3, 0.4) is 0 Å². The monoisotopic (exact) mass is 546 g/mol. The molecule has 9 nitrogen and oxygen atoms in total. The Hall–Kier alpha value is -4.77. The molecule has 0 fully saturated rings. The summed E-state index contributed by atoms with van der Waals surface area (Å²) in [5.74, 6) is -0.740. The first-order valence-electron chi connectivity index (χ1n) is 11.7. The number of amides is 1. The molecular weight excluding hydrogens is 523 g/mol. The van der Waals surface area contributed by atoms with E-state index >= 15 is 4.39 Å². The summed E-state index contributed by atoms with van der Waals surface area (Å²) in [6.07, 6.45) is 3.04. The van der Waals surface area contributed by atoms with Crippen LogP contribution in [0.15, 0.2) is 54.9 Å². The van der Waals surface area contributed by atoms with Crippen molar-refractivity contribution in [2.75, 3.05) is 19.5 Å². The van der Waals surface area contributed by atoms with Gasteiger partial charge in [-0.3, -0.25) is 14.8 Å². The molecule has 0 bridgehead atoms. The first kappa shape index (κ1) is 25.9. The summed E-state index contributed by atoms with van der Waals surface area (Å²) in [6, 6.07) is 11.0. The number of anilines is 1.